The Bertz CT molecular complexity index is 828. The highest BCUT2D eigenvalue weighted by Crippen LogP contribution is 2.39. The van der Waals surface area contributed by atoms with Gasteiger partial charge in [0.1, 0.15) is 5.58 Å². The maximum atomic E-state index is 10.9. The largest absolute Gasteiger partial charge is 0.454 e. The van der Waals surface area contributed by atoms with E-state index in [0.29, 0.717) is 22.3 Å². The molecule has 1 aromatic heterocycles. The lowest BCUT2D eigenvalue weighted by molar-refractivity contribution is -0.115. The predicted molar refractivity (Wildman–Crippen MR) is 92.0 cm³/mol. The van der Waals surface area contributed by atoms with E-state index in [9.17, 15) is 4.79 Å². The molecule has 0 aliphatic rings. The highest BCUT2D eigenvalue weighted by molar-refractivity contribution is 7.99. The van der Waals surface area contributed by atoms with E-state index in [1.165, 1.54) is 11.8 Å². The highest BCUT2D eigenvalue weighted by atomic mass is 35.5. The van der Waals surface area contributed by atoms with Gasteiger partial charge in [-0.3, -0.25) is 4.79 Å². The van der Waals surface area contributed by atoms with Crippen molar-refractivity contribution in [3.63, 3.8) is 0 Å². The number of hydrogen-bond acceptors (Lipinski definition) is 3. The molecule has 2 aromatic carbocycles. The number of rotatable bonds is 5. The van der Waals surface area contributed by atoms with Crippen LogP contribution in [0.25, 0.3) is 22.3 Å². The number of carbonyl (C=O) groups excluding carboxylic acids is 1. The Balaban J connectivity index is 1.99. The monoisotopic (exact) mass is 331 g/mol. The molecule has 1 amide bonds. The van der Waals surface area contributed by atoms with Crippen molar-refractivity contribution in [2.24, 2.45) is 5.73 Å². The van der Waals surface area contributed by atoms with E-state index in [1.807, 2.05) is 48.5 Å². The average molecular weight is 332 g/mol. The van der Waals surface area contributed by atoms with Crippen LogP contribution in [0.15, 0.2) is 52.9 Å². The van der Waals surface area contributed by atoms with Gasteiger partial charge in [-0.15, -0.1) is 11.8 Å². The summed E-state index contributed by atoms with van der Waals surface area (Å²) < 4.78 is 5.92. The fraction of sp³-hybridized carbons (Fsp3) is 0.118. The van der Waals surface area contributed by atoms with Gasteiger partial charge >= 0.3 is 0 Å². The zero-order valence-corrected chi connectivity index (χ0v) is 13.3. The Hall–Kier alpha value is -1.91. The summed E-state index contributed by atoms with van der Waals surface area (Å²) in [6.45, 7) is 0. The summed E-state index contributed by atoms with van der Waals surface area (Å²) >= 11 is 7.95. The van der Waals surface area contributed by atoms with Crippen molar-refractivity contribution in [3.8, 4) is 11.3 Å². The smallest absolute Gasteiger partial charge is 0.227 e. The van der Waals surface area contributed by atoms with Crippen molar-refractivity contribution < 1.29 is 9.21 Å². The number of fused-ring (bicyclic) bond motifs is 1. The predicted octanol–water partition coefficient (Wildman–Crippen LogP) is 4.47. The maximum Gasteiger partial charge on any atom is 0.227 e. The molecular weight excluding hydrogens is 318 g/mol. The summed E-state index contributed by atoms with van der Waals surface area (Å²) in [6, 6.07) is 15.6. The minimum absolute atomic E-state index is 0.294. The third-order valence-electron chi connectivity index (χ3n) is 3.30. The van der Waals surface area contributed by atoms with Crippen molar-refractivity contribution in [2.75, 3.05) is 5.75 Å². The number of amides is 1. The van der Waals surface area contributed by atoms with Crippen LogP contribution in [-0.2, 0) is 10.5 Å². The minimum atomic E-state index is -0.316. The topological polar surface area (TPSA) is 56.2 Å². The molecule has 0 radical (unpaired) electrons. The summed E-state index contributed by atoms with van der Waals surface area (Å²) in [5.74, 6) is 1.32. The van der Waals surface area contributed by atoms with Crippen LogP contribution in [0, 0.1) is 0 Å². The summed E-state index contributed by atoms with van der Waals surface area (Å²) in [7, 11) is 0. The standard InChI is InChI=1S/C17H14ClNO2S/c18-16-13-7-3-4-8-14(13)21-17(16)12-6-2-1-5-11(12)9-22-10-15(19)20/h1-8H,9-10H2,(H2,19,20). The normalized spacial score (nSPS) is 11.0. The fourth-order valence-electron chi connectivity index (χ4n) is 2.32. The summed E-state index contributed by atoms with van der Waals surface area (Å²) in [6.07, 6.45) is 0. The van der Waals surface area contributed by atoms with Crippen LogP contribution in [0.2, 0.25) is 5.02 Å². The van der Waals surface area contributed by atoms with Crippen molar-refractivity contribution in [3.05, 3.63) is 59.1 Å². The van der Waals surface area contributed by atoms with Crippen LogP contribution < -0.4 is 5.73 Å². The summed E-state index contributed by atoms with van der Waals surface area (Å²) in [5, 5.41) is 1.52. The average Bonchev–Trinajstić information content (AvgIpc) is 2.85. The third-order valence-corrected chi connectivity index (χ3v) is 4.68. The molecule has 0 aliphatic carbocycles. The number of thioether (sulfide) groups is 1. The van der Waals surface area contributed by atoms with Gasteiger partial charge in [0.15, 0.2) is 5.76 Å². The van der Waals surface area contributed by atoms with Gasteiger partial charge in [-0.05, 0) is 17.7 Å². The molecule has 0 fully saturated rings. The lowest BCUT2D eigenvalue weighted by Crippen LogP contribution is -2.13. The zero-order chi connectivity index (χ0) is 15.5. The second kappa shape index (κ2) is 6.46. The lowest BCUT2D eigenvalue weighted by Gasteiger charge is -2.07. The number of para-hydroxylation sites is 1. The molecule has 22 heavy (non-hydrogen) atoms. The molecular formula is C17H14ClNO2S. The summed E-state index contributed by atoms with van der Waals surface area (Å²) in [5.41, 5.74) is 7.96. The zero-order valence-electron chi connectivity index (χ0n) is 11.7. The molecule has 0 atom stereocenters. The van der Waals surface area contributed by atoms with E-state index in [1.54, 1.807) is 0 Å². The van der Waals surface area contributed by atoms with Gasteiger partial charge in [-0.1, -0.05) is 48.0 Å². The van der Waals surface area contributed by atoms with Gasteiger partial charge in [-0.2, -0.15) is 0 Å². The van der Waals surface area contributed by atoms with E-state index >= 15 is 0 Å². The first-order chi connectivity index (χ1) is 10.7. The number of benzene rings is 2. The molecule has 0 saturated heterocycles. The molecule has 0 aliphatic heterocycles. The lowest BCUT2D eigenvalue weighted by atomic mass is 10.1. The van der Waals surface area contributed by atoms with Crippen molar-refractivity contribution in [1.82, 2.24) is 0 Å². The molecule has 1 heterocycles. The Morgan fingerprint density at radius 2 is 1.86 bits per heavy atom. The number of primary amides is 1. The van der Waals surface area contributed by atoms with E-state index in [2.05, 4.69) is 0 Å². The van der Waals surface area contributed by atoms with Crippen LogP contribution in [0.4, 0.5) is 0 Å². The first kappa shape index (κ1) is 15.0. The molecule has 112 valence electrons. The Labute approximate surface area is 137 Å². The molecule has 3 nitrogen and oxygen atoms in total. The van der Waals surface area contributed by atoms with Gasteiger partial charge < -0.3 is 10.2 Å². The Morgan fingerprint density at radius 1 is 1.14 bits per heavy atom. The Morgan fingerprint density at radius 3 is 2.64 bits per heavy atom. The number of furan rings is 1. The van der Waals surface area contributed by atoms with Crippen molar-refractivity contribution in [1.29, 1.82) is 0 Å². The van der Waals surface area contributed by atoms with E-state index < -0.39 is 0 Å². The number of hydrogen-bond donors (Lipinski definition) is 1. The number of carbonyl (C=O) groups is 1. The maximum absolute atomic E-state index is 10.9. The molecule has 3 aromatic rings. The van der Waals surface area contributed by atoms with Gasteiger partial charge in [0.25, 0.3) is 0 Å². The van der Waals surface area contributed by atoms with Crippen LogP contribution in [0.1, 0.15) is 5.56 Å². The van der Waals surface area contributed by atoms with E-state index in [4.69, 9.17) is 21.8 Å². The molecule has 5 heteroatoms. The van der Waals surface area contributed by atoms with Crippen LogP contribution in [0.3, 0.4) is 0 Å². The Kier molecular flexibility index (Phi) is 4.41. The fourth-order valence-corrected chi connectivity index (χ4v) is 3.39. The molecule has 0 bridgehead atoms. The van der Waals surface area contributed by atoms with Crippen LogP contribution >= 0.6 is 23.4 Å². The van der Waals surface area contributed by atoms with Crippen LogP contribution in [-0.4, -0.2) is 11.7 Å². The molecule has 2 N–H and O–H groups in total. The first-order valence-corrected chi connectivity index (χ1v) is 8.31. The number of halogens is 1. The second-order valence-electron chi connectivity index (χ2n) is 4.86. The van der Waals surface area contributed by atoms with Crippen LogP contribution in [0.5, 0.6) is 0 Å². The molecule has 0 spiro atoms. The number of nitrogens with two attached hydrogens (primary N) is 1. The third kappa shape index (κ3) is 2.98. The SMILES string of the molecule is NC(=O)CSCc1ccccc1-c1oc2ccccc2c1Cl. The molecule has 0 saturated carbocycles. The summed E-state index contributed by atoms with van der Waals surface area (Å²) in [4.78, 5) is 10.9. The van der Waals surface area contributed by atoms with Gasteiger partial charge in [0.05, 0.1) is 10.8 Å². The van der Waals surface area contributed by atoms with Gasteiger partial charge in [0.2, 0.25) is 5.91 Å². The van der Waals surface area contributed by atoms with Crippen molar-refractivity contribution in [2.45, 2.75) is 5.75 Å². The molecule has 0 unspecified atom stereocenters. The van der Waals surface area contributed by atoms with Gasteiger partial charge in [0, 0.05) is 16.7 Å². The highest BCUT2D eigenvalue weighted by Gasteiger charge is 2.16. The van der Waals surface area contributed by atoms with E-state index in [0.717, 1.165) is 22.1 Å². The van der Waals surface area contributed by atoms with Crippen molar-refractivity contribution >= 4 is 40.2 Å². The van der Waals surface area contributed by atoms with E-state index in [-0.39, 0.29) is 5.91 Å². The minimum Gasteiger partial charge on any atom is -0.454 e. The second-order valence-corrected chi connectivity index (χ2v) is 6.22. The van der Waals surface area contributed by atoms with Gasteiger partial charge in [-0.25, -0.2) is 0 Å². The first-order valence-electron chi connectivity index (χ1n) is 6.78. The quantitative estimate of drug-likeness (QED) is 0.750. The molecule has 3 rings (SSSR count).